The molecule has 130 valence electrons. The molecule has 1 aromatic heterocycles. The van der Waals surface area contributed by atoms with Crippen LogP contribution < -0.4 is 4.72 Å². The molecule has 0 atom stereocenters. The van der Waals surface area contributed by atoms with Crippen molar-refractivity contribution in [3.05, 3.63) is 72.8 Å². The zero-order chi connectivity index (χ0) is 18.1. The van der Waals surface area contributed by atoms with E-state index in [9.17, 15) is 13.5 Å². The first-order valence-corrected chi connectivity index (χ1v) is 9.37. The number of phenols is 1. The number of phenolic OH excluding ortho intramolecular Hbond substituents is 1. The maximum absolute atomic E-state index is 12.6. The van der Waals surface area contributed by atoms with E-state index in [4.69, 9.17) is 0 Å². The number of nitrogens with one attached hydrogen (secondary N) is 2. The van der Waals surface area contributed by atoms with Crippen LogP contribution in [-0.2, 0) is 10.0 Å². The Morgan fingerprint density at radius 1 is 0.885 bits per heavy atom. The number of para-hydroxylation sites is 3. The van der Waals surface area contributed by atoms with Gasteiger partial charge in [-0.25, -0.2) is 13.4 Å². The number of aromatic nitrogens is 2. The van der Waals surface area contributed by atoms with Crippen LogP contribution in [-0.4, -0.2) is 23.5 Å². The van der Waals surface area contributed by atoms with E-state index >= 15 is 0 Å². The van der Waals surface area contributed by atoms with Crippen molar-refractivity contribution in [3.63, 3.8) is 0 Å². The maximum Gasteiger partial charge on any atom is 0.261 e. The largest absolute Gasteiger partial charge is 0.508 e. The molecule has 0 spiro atoms. The van der Waals surface area contributed by atoms with Crippen LogP contribution in [0.1, 0.15) is 0 Å². The van der Waals surface area contributed by atoms with Gasteiger partial charge in [-0.3, -0.25) is 4.72 Å². The minimum Gasteiger partial charge on any atom is -0.508 e. The summed E-state index contributed by atoms with van der Waals surface area (Å²) in [6.07, 6.45) is 0. The third kappa shape index (κ3) is 3.00. The minimum atomic E-state index is -3.79. The molecule has 0 saturated heterocycles. The number of H-pyrrole nitrogens is 1. The van der Waals surface area contributed by atoms with Crippen molar-refractivity contribution < 1.29 is 13.5 Å². The van der Waals surface area contributed by atoms with E-state index in [1.807, 2.05) is 30.3 Å². The molecule has 0 aliphatic rings. The number of sulfonamides is 1. The average Bonchev–Trinajstić information content (AvgIpc) is 3.06. The van der Waals surface area contributed by atoms with Gasteiger partial charge in [0.2, 0.25) is 0 Å². The van der Waals surface area contributed by atoms with Crippen molar-refractivity contribution >= 4 is 26.7 Å². The highest BCUT2D eigenvalue weighted by atomic mass is 32.2. The van der Waals surface area contributed by atoms with Gasteiger partial charge in [0, 0.05) is 5.56 Å². The van der Waals surface area contributed by atoms with Gasteiger partial charge in [0.15, 0.2) is 0 Å². The molecule has 0 saturated carbocycles. The molecule has 0 bridgehead atoms. The first-order chi connectivity index (χ1) is 12.5. The topological polar surface area (TPSA) is 95.1 Å². The smallest absolute Gasteiger partial charge is 0.261 e. The van der Waals surface area contributed by atoms with Gasteiger partial charge in [-0.15, -0.1) is 0 Å². The number of hydrogen-bond acceptors (Lipinski definition) is 4. The zero-order valence-electron chi connectivity index (χ0n) is 13.5. The molecule has 7 heteroatoms. The fraction of sp³-hybridized carbons (Fsp3) is 0. The summed E-state index contributed by atoms with van der Waals surface area (Å²) in [6.45, 7) is 0. The second-order valence-electron chi connectivity index (χ2n) is 5.75. The lowest BCUT2D eigenvalue weighted by molar-refractivity contribution is 0.475. The Morgan fingerprint density at radius 3 is 2.35 bits per heavy atom. The Morgan fingerprint density at radius 2 is 1.58 bits per heavy atom. The second kappa shape index (κ2) is 6.20. The number of anilines is 1. The summed E-state index contributed by atoms with van der Waals surface area (Å²) in [6, 6.07) is 20.0. The predicted octanol–water partition coefficient (Wildman–Crippen LogP) is 3.74. The number of aromatic amines is 1. The van der Waals surface area contributed by atoms with Crippen molar-refractivity contribution in [2.75, 3.05) is 4.72 Å². The Labute approximate surface area is 150 Å². The summed E-state index contributed by atoms with van der Waals surface area (Å²) in [5, 5.41) is 9.35. The van der Waals surface area contributed by atoms with Crippen molar-refractivity contribution in [1.82, 2.24) is 9.97 Å². The maximum atomic E-state index is 12.6. The van der Waals surface area contributed by atoms with Crippen LogP contribution in [0.15, 0.2) is 77.7 Å². The molecule has 0 aliphatic heterocycles. The molecule has 26 heavy (non-hydrogen) atoms. The number of hydrogen-bond donors (Lipinski definition) is 3. The van der Waals surface area contributed by atoms with Gasteiger partial charge in [0.05, 0.1) is 21.6 Å². The monoisotopic (exact) mass is 365 g/mol. The molecule has 4 aromatic rings. The van der Waals surface area contributed by atoms with Gasteiger partial charge < -0.3 is 10.1 Å². The Bertz CT molecular complexity index is 1150. The number of fused-ring (bicyclic) bond motifs is 1. The molecule has 6 nitrogen and oxygen atoms in total. The van der Waals surface area contributed by atoms with E-state index in [0.29, 0.717) is 17.1 Å². The molecular weight excluding hydrogens is 350 g/mol. The Kier molecular flexibility index (Phi) is 3.85. The fourth-order valence-electron chi connectivity index (χ4n) is 2.69. The number of rotatable bonds is 4. The Balaban J connectivity index is 1.75. The van der Waals surface area contributed by atoms with Crippen LogP contribution in [0.5, 0.6) is 5.75 Å². The van der Waals surface area contributed by atoms with Crippen molar-refractivity contribution in [3.8, 4) is 17.1 Å². The van der Waals surface area contributed by atoms with Crippen molar-refractivity contribution in [1.29, 1.82) is 0 Å². The summed E-state index contributed by atoms with van der Waals surface area (Å²) in [5.41, 5.74) is 2.74. The second-order valence-corrected chi connectivity index (χ2v) is 7.43. The van der Waals surface area contributed by atoms with E-state index in [1.54, 1.807) is 18.2 Å². The van der Waals surface area contributed by atoms with Crippen LogP contribution in [0, 0.1) is 0 Å². The standard InChI is InChI=1S/C19H15N3O3S/c23-13-9-11-14(12-10-13)26(24,25)22-16-6-2-1-5-15(16)19-20-17-7-3-4-8-18(17)21-19/h1-12,22-23H,(H,20,21). The molecule has 0 aliphatic carbocycles. The van der Waals surface area contributed by atoms with Crippen LogP contribution in [0.4, 0.5) is 5.69 Å². The highest BCUT2D eigenvalue weighted by Gasteiger charge is 2.17. The quantitative estimate of drug-likeness (QED) is 0.513. The summed E-state index contributed by atoms with van der Waals surface area (Å²) < 4.78 is 27.9. The average molecular weight is 365 g/mol. The van der Waals surface area contributed by atoms with Gasteiger partial charge >= 0.3 is 0 Å². The molecule has 1 heterocycles. The number of benzene rings is 3. The van der Waals surface area contributed by atoms with Gasteiger partial charge in [-0.2, -0.15) is 0 Å². The van der Waals surface area contributed by atoms with Gasteiger partial charge in [-0.05, 0) is 48.5 Å². The fourth-order valence-corrected chi connectivity index (χ4v) is 3.77. The van der Waals surface area contributed by atoms with Gasteiger partial charge in [0.25, 0.3) is 10.0 Å². The molecular formula is C19H15N3O3S. The lowest BCUT2D eigenvalue weighted by Gasteiger charge is -2.11. The molecule has 3 N–H and O–H groups in total. The molecule has 0 radical (unpaired) electrons. The summed E-state index contributed by atoms with van der Waals surface area (Å²) >= 11 is 0. The molecule has 0 fully saturated rings. The SMILES string of the molecule is O=S(=O)(Nc1ccccc1-c1nc2ccccc2[nH]1)c1ccc(O)cc1. The number of imidazole rings is 1. The summed E-state index contributed by atoms with van der Waals surface area (Å²) in [5.74, 6) is 0.585. The third-order valence-electron chi connectivity index (χ3n) is 3.96. The van der Waals surface area contributed by atoms with Crippen LogP contribution in [0.25, 0.3) is 22.4 Å². The van der Waals surface area contributed by atoms with Crippen molar-refractivity contribution in [2.45, 2.75) is 4.90 Å². The van der Waals surface area contributed by atoms with E-state index in [2.05, 4.69) is 14.7 Å². The van der Waals surface area contributed by atoms with Crippen LogP contribution in [0.3, 0.4) is 0 Å². The zero-order valence-corrected chi connectivity index (χ0v) is 14.4. The highest BCUT2D eigenvalue weighted by Crippen LogP contribution is 2.29. The molecule has 4 rings (SSSR count). The number of nitrogens with zero attached hydrogens (tertiary/aromatic N) is 1. The van der Waals surface area contributed by atoms with E-state index in [-0.39, 0.29) is 10.6 Å². The first-order valence-electron chi connectivity index (χ1n) is 7.89. The van der Waals surface area contributed by atoms with Gasteiger partial charge in [-0.1, -0.05) is 24.3 Å². The minimum absolute atomic E-state index is 0.00613. The lowest BCUT2D eigenvalue weighted by atomic mass is 10.2. The predicted molar refractivity (Wildman–Crippen MR) is 100 cm³/mol. The first kappa shape index (κ1) is 16.2. The third-order valence-corrected chi connectivity index (χ3v) is 5.34. The normalized spacial score (nSPS) is 11.5. The van der Waals surface area contributed by atoms with Crippen molar-refractivity contribution in [2.24, 2.45) is 0 Å². The van der Waals surface area contributed by atoms with Gasteiger partial charge in [0.1, 0.15) is 11.6 Å². The summed E-state index contributed by atoms with van der Waals surface area (Å²) in [4.78, 5) is 7.81. The van der Waals surface area contributed by atoms with E-state index in [0.717, 1.165) is 11.0 Å². The van der Waals surface area contributed by atoms with E-state index in [1.165, 1.54) is 24.3 Å². The van der Waals surface area contributed by atoms with Crippen LogP contribution in [0.2, 0.25) is 0 Å². The molecule has 3 aromatic carbocycles. The number of aromatic hydroxyl groups is 1. The molecule has 0 unspecified atom stereocenters. The van der Waals surface area contributed by atoms with E-state index < -0.39 is 10.0 Å². The lowest BCUT2D eigenvalue weighted by Crippen LogP contribution is -2.13. The summed E-state index contributed by atoms with van der Waals surface area (Å²) in [7, 11) is -3.79. The Hall–Kier alpha value is -3.32. The van der Waals surface area contributed by atoms with Crippen LogP contribution >= 0.6 is 0 Å². The molecule has 0 amide bonds. The highest BCUT2D eigenvalue weighted by molar-refractivity contribution is 7.92.